The molecule has 0 spiro atoms. The quantitative estimate of drug-likeness (QED) is 0.897. The van der Waals surface area contributed by atoms with Crippen molar-refractivity contribution < 1.29 is 4.42 Å². The molecule has 3 rings (SSSR count). The van der Waals surface area contributed by atoms with Crippen LogP contribution >= 0.6 is 0 Å². The summed E-state index contributed by atoms with van der Waals surface area (Å²) in [6.07, 6.45) is 8.79. The van der Waals surface area contributed by atoms with E-state index in [1.165, 1.54) is 44.3 Å². The summed E-state index contributed by atoms with van der Waals surface area (Å²) >= 11 is 0. The largest absolute Gasteiger partial charge is 0.472 e. The van der Waals surface area contributed by atoms with E-state index in [4.69, 9.17) is 10.2 Å². The first kappa shape index (κ1) is 13.2. The molecule has 0 saturated carbocycles. The molecule has 2 saturated heterocycles. The fraction of sp³-hybridized carbons (Fsp3) is 0.733. The highest BCUT2D eigenvalue weighted by molar-refractivity contribution is 5.11. The first-order valence-electron chi connectivity index (χ1n) is 7.43. The first-order valence-corrected chi connectivity index (χ1v) is 7.43. The number of piperidine rings is 1. The molecule has 0 amide bonds. The lowest BCUT2D eigenvalue weighted by Gasteiger charge is -2.46. The lowest BCUT2D eigenvalue weighted by Crippen LogP contribution is -2.60. The van der Waals surface area contributed by atoms with Gasteiger partial charge in [-0.05, 0) is 38.9 Å². The topological polar surface area (TPSA) is 45.6 Å². The maximum Gasteiger partial charge on any atom is 0.0947 e. The van der Waals surface area contributed by atoms with Crippen molar-refractivity contribution in [2.24, 2.45) is 5.73 Å². The molecule has 2 fully saturated rings. The number of nitrogens with zero attached hydrogens (tertiary/aromatic N) is 2. The van der Waals surface area contributed by atoms with E-state index in [0.717, 1.165) is 13.1 Å². The molecule has 2 aliphatic heterocycles. The molecule has 4 heteroatoms. The predicted molar refractivity (Wildman–Crippen MR) is 75.8 cm³/mol. The van der Waals surface area contributed by atoms with Crippen LogP contribution in [0.1, 0.15) is 31.2 Å². The average molecular weight is 263 g/mol. The maximum atomic E-state index is 6.21. The smallest absolute Gasteiger partial charge is 0.0947 e. The summed E-state index contributed by atoms with van der Waals surface area (Å²) in [5, 5.41) is 0. The van der Waals surface area contributed by atoms with Crippen LogP contribution in [-0.4, -0.2) is 48.1 Å². The molecule has 0 bridgehead atoms. The van der Waals surface area contributed by atoms with Crippen LogP contribution in [0.4, 0.5) is 0 Å². The van der Waals surface area contributed by atoms with Crippen LogP contribution in [-0.2, 0) is 6.54 Å². The summed E-state index contributed by atoms with van der Waals surface area (Å²) in [5.74, 6) is 0. The van der Waals surface area contributed by atoms with E-state index >= 15 is 0 Å². The average Bonchev–Trinajstić information content (AvgIpc) is 3.06. The van der Waals surface area contributed by atoms with Crippen molar-refractivity contribution in [2.45, 2.75) is 43.8 Å². The van der Waals surface area contributed by atoms with Gasteiger partial charge >= 0.3 is 0 Å². The van der Waals surface area contributed by atoms with E-state index in [9.17, 15) is 0 Å². The van der Waals surface area contributed by atoms with Crippen molar-refractivity contribution in [2.75, 3.05) is 26.7 Å². The van der Waals surface area contributed by atoms with Gasteiger partial charge in [0, 0.05) is 36.8 Å². The molecule has 2 aliphatic rings. The van der Waals surface area contributed by atoms with Gasteiger partial charge in [0.1, 0.15) is 0 Å². The number of furan rings is 1. The molecule has 2 unspecified atom stereocenters. The van der Waals surface area contributed by atoms with Gasteiger partial charge in [0.2, 0.25) is 0 Å². The molecule has 3 heterocycles. The van der Waals surface area contributed by atoms with Crippen molar-refractivity contribution in [3.63, 3.8) is 0 Å². The normalized spacial score (nSPS) is 31.8. The highest BCUT2D eigenvalue weighted by Crippen LogP contribution is 2.38. The molecule has 19 heavy (non-hydrogen) atoms. The number of hydrogen-bond acceptors (Lipinski definition) is 4. The lowest BCUT2D eigenvalue weighted by molar-refractivity contribution is 0.0510. The molecule has 0 radical (unpaired) electrons. The minimum atomic E-state index is 0.150. The summed E-state index contributed by atoms with van der Waals surface area (Å²) in [6, 6.07) is 2.69. The van der Waals surface area contributed by atoms with Gasteiger partial charge in [-0.1, -0.05) is 6.42 Å². The summed E-state index contributed by atoms with van der Waals surface area (Å²) in [4.78, 5) is 5.12. The third-order valence-corrected chi connectivity index (χ3v) is 5.18. The van der Waals surface area contributed by atoms with Crippen LogP contribution in [0, 0.1) is 0 Å². The zero-order valence-electron chi connectivity index (χ0n) is 11.8. The van der Waals surface area contributed by atoms with Crippen molar-refractivity contribution in [1.29, 1.82) is 0 Å². The van der Waals surface area contributed by atoms with E-state index in [0.29, 0.717) is 6.04 Å². The molecule has 1 aromatic rings. The Hall–Kier alpha value is -0.840. The summed E-state index contributed by atoms with van der Waals surface area (Å²) in [7, 11) is 2.22. The summed E-state index contributed by atoms with van der Waals surface area (Å²) in [6.45, 7) is 4.14. The predicted octanol–water partition coefficient (Wildman–Crippen LogP) is 1.67. The Bertz CT molecular complexity index is 406. The highest BCUT2D eigenvalue weighted by atomic mass is 16.3. The number of hydrogen-bond donors (Lipinski definition) is 1. The Kier molecular flexibility index (Phi) is 3.65. The van der Waals surface area contributed by atoms with Crippen LogP contribution in [0.25, 0.3) is 0 Å². The fourth-order valence-electron chi connectivity index (χ4n) is 4.02. The van der Waals surface area contributed by atoms with E-state index in [1.807, 2.05) is 12.3 Å². The SMILES string of the molecule is CN(Cc1ccoc1)C1(CN)CCN2CCCCC21. The second kappa shape index (κ2) is 5.27. The van der Waals surface area contributed by atoms with Gasteiger partial charge in [-0.25, -0.2) is 0 Å². The Morgan fingerprint density at radius 2 is 2.37 bits per heavy atom. The highest BCUT2D eigenvalue weighted by Gasteiger charge is 2.49. The van der Waals surface area contributed by atoms with Crippen LogP contribution in [0.2, 0.25) is 0 Å². The van der Waals surface area contributed by atoms with Crippen molar-refractivity contribution >= 4 is 0 Å². The molecule has 2 atom stereocenters. The molecule has 1 aromatic heterocycles. The van der Waals surface area contributed by atoms with Gasteiger partial charge in [-0.3, -0.25) is 9.80 Å². The van der Waals surface area contributed by atoms with Gasteiger partial charge in [-0.15, -0.1) is 0 Å². The van der Waals surface area contributed by atoms with Crippen molar-refractivity contribution in [1.82, 2.24) is 9.80 Å². The molecular formula is C15H25N3O. The van der Waals surface area contributed by atoms with E-state index in [2.05, 4.69) is 16.8 Å². The second-order valence-electron chi connectivity index (χ2n) is 6.09. The Balaban J connectivity index is 1.78. The van der Waals surface area contributed by atoms with Gasteiger partial charge in [0.25, 0.3) is 0 Å². The summed E-state index contributed by atoms with van der Waals surface area (Å²) < 4.78 is 5.18. The Morgan fingerprint density at radius 3 is 3.11 bits per heavy atom. The van der Waals surface area contributed by atoms with Gasteiger partial charge in [0.05, 0.1) is 12.5 Å². The monoisotopic (exact) mass is 263 g/mol. The standard InChI is InChI=1S/C15H25N3O/c1-17(10-13-5-9-19-11-13)15(12-16)6-8-18-7-3-2-4-14(15)18/h5,9,11,14H,2-4,6-8,10,12,16H2,1H3. The molecule has 4 nitrogen and oxygen atoms in total. The van der Waals surface area contributed by atoms with Crippen LogP contribution in [0.5, 0.6) is 0 Å². The van der Waals surface area contributed by atoms with Gasteiger partial charge in [-0.2, -0.15) is 0 Å². The zero-order chi connectivity index (χ0) is 13.3. The van der Waals surface area contributed by atoms with E-state index < -0.39 is 0 Å². The number of likely N-dealkylation sites (N-methyl/N-ethyl adjacent to an activating group) is 1. The number of fused-ring (bicyclic) bond motifs is 1. The molecule has 2 N–H and O–H groups in total. The third kappa shape index (κ3) is 2.22. The lowest BCUT2D eigenvalue weighted by atomic mass is 9.84. The van der Waals surface area contributed by atoms with Gasteiger partial charge in [0.15, 0.2) is 0 Å². The first-order chi connectivity index (χ1) is 9.26. The molecule has 0 aliphatic carbocycles. The van der Waals surface area contributed by atoms with E-state index in [-0.39, 0.29) is 5.54 Å². The van der Waals surface area contributed by atoms with Crippen LogP contribution in [0.15, 0.2) is 23.0 Å². The minimum Gasteiger partial charge on any atom is -0.472 e. The zero-order valence-corrected chi connectivity index (χ0v) is 11.8. The van der Waals surface area contributed by atoms with E-state index in [1.54, 1.807) is 6.26 Å². The number of rotatable bonds is 4. The Labute approximate surface area is 115 Å². The molecular weight excluding hydrogens is 238 g/mol. The van der Waals surface area contributed by atoms with Crippen molar-refractivity contribution in [3.8, 4) is 0 Å². The minimum absolute atomic E-state index is 0.150. The number of nitrogens with two attached hydrogens (primary N) is 1. The fourth-order valence-corrected chi connectivity index (χ4v) is 4.02. The summed E-state index contributed by atoms with van der Waals surface area (Å²) in [5.41, 5.74) is 7.60. The molecule has 106 valence electrons. The Morgan fingerprint density at radius 1 is 1.47 bits per heavy atom. The third-order valence-electron chi connectivity index (χ3n) is 5.18. The van der Waals surface area contributed by atoms with Gasteiger partial charge < -0.3 is 10.2 Å². The second-order valence-corrected chi connectivity index (χ2v) is 6.09. The van der Waals surface area contributed by atoms with Crippen LogP contribution in [0.3, 0.4) is 0 Å². The molecule has 0 aromatic carbocycles. The maximum absolute atomic E-state index is 6.21. The van der Waals surface area contributed by atoms with Crippen LogP contribution < -0.4 is 5.73 Å². The van der Waals surface area contributed by atoms with Crippen molar-refractivity contribution in [3.05, 3.63) is 24.2 Å².